The van der Waals surface area contributed by atoms with Crippen LogP contribution in [0.25, 0.3) is 11.1 Å². The summed E-state index contributed by atoms with van der Waals surface area (Å²) in [6.45, 7) is 2.04. The maximum absolute atomic E-state index is 12.3. The molecule has 1 aromatic heterocycles. The molecule has 0 aliphatic carbocycles. The second-order valence-electron chi connectivity index (χ2n) is 5.48. The van der Waals surface area contributed by atoms with Crippen molar-refractivity contribution in [2.45, 2.75) is 13.0 Å². The minimum absolute atomic E-state index is 0.00128. The third-order valence-electron chi connectivity index (χ3n) is 4.06. The Kier molecular flexibility index (Phi) is 4.29. The molecule has 0 saturated carbocycles. The van der Waals surface area contributed by atoms with Crippen LogP contribution in [0.1, 0.15) is 18.5 Å². The predicted molar refractivity (Wildman–Crippen MR) is 92.9 cm³/mol. The summed E-state index contributed by atoms with van der Waals surface area (Å²) in [5.41, 5.74) is 3.18. The molecule has 0 aliphatic rings. The fourth-order valence-corrected chi connectivity index (χ4v) is 2.65. The van der Waals surface area contributed by atoms with Crippen LogP contribution in [0.2, 0.25) is 0 Å². The van der Waals surface area contributed by atoms with Crippen molar-refractivity contribution in [3.05, 3.63) is 88.8 Å². The molecule has 0 fully saturated rings. The first-order valence-corrected chi connectivity index (χ1v) is 7.60. The van der Waals surface area contributed by atoms with Crippen LogP contribution in [0, 0.1) is 0 Å². The standard InChI is InChI=1S/C20H19NO2/c1-15(16-6-4-3-5-7-16)21-14-18(10-13-20(21)22)17-8-11-19(23-2)12-9-17/h3-15H,1-2H3. The van der Waals surface area contributed by atoms with Crippen molar-refractivity contribution in [3.63, 3.8) is 0 Å². The number of hydrogen-bond acceptors (Lipinski definition) is 2. The minimum atomic E-state index is -0.0121. The third-order valence-corrected chi connectivity index (χ3v) is 4.06. The zero-order chi connectivity index (χ0) is 16.2. The Morgan fingerprint density at radius 1 is 0.870 bits per heavy atom. The van der Waals surface area contributed by atoms with Crippen LogP contribution < -0.4 is 10.3 Å². The SMILES string of the molecule is COc1ccc(-c2ccc(=O)n(C(C)c3ccccc3)c2)cc1. The molecule has 0 aliphatic heterocycles. The molecular formula is C20H19NO2. The van der Waals surface area contributed by atoms with Gasteiger partial charge >= 0.3 is 0 Å². The molecule has 0 radical (unpaired) electrons. The average molecular weight is 305 g/mol. The highest BCUT2D eigenvalue weighted by molar-refractivity contribution is 5.63. The lowest BCUT2D eigenvalue weighted by Crippen LogP contribution is -2.22. The Balaban J connectivity index is 2.00. The molecule has 23 heavy (non-hydrogen) atoms. The Bertz CT molecular complexity index is 836. The number of hydrogen-bond donors (Lipinski definition) is 0. The van der Waals surface area contributed by atoms with Crippen molar-refractivity contribution in [2.24, 2.45) is 0 Å². The molecule has 3 rings (SSSR count). The van der Waals surface area contributed by atoms with Crippen molar-refractivity contribution in [3.8, 4) is 16.9 Å². The maximum atomic E-state index is 12.3. The van der Waals surface area contributed by atoms with Crippen molar-refractivity contribution in [1.82, 2.24) is 4.57 Å². The number of rotatable bonds is 4. The number of pyridine rings is 1. The molecule has 1 atom stereocenters. The molecule has 0 saturated heterocycles. The maximum Gasteiger partial charge on any atom is 0.251 e. The monoisotopic (exact) mass is 305 g/mol. The van der Waals surface area contributed by atoms with Crippen molar-refractivity contribution >= 4 is 0 Å². The molecular weight excluding hydrogens is 286 g/mol. The van der Waals surface area contributed by atoms with Crippen LogP contribution in [0.15, 0.2) is 77.7 Å². The van der Waals surface area contributed by atoms with Crippen molar-refractivity contribution in [2.75, 3.05) is 7.11 Å². The molecule has 1 unspecified atom stereocenters. The van der Waals surface area contributed by atoms with E-state index in [1.54, 1.807) is 17.7 Å². The Morgan fingerprint density at radius 3 is 2.17 bits per heavy atom. The van der Waals surface area contributed by atoms with Crippen LogP contribution in [0.3, 0.4) is 0 Å². The van der Waals surface area contributed by atoms with Gasteiger partial charge in [-0.25, -0.2) is 0 Å². The molecule has 3 nitrogen and oxygen atoms in total. The minimum Gasteiger partial charge on any atom is -0.497 e. The van der Waals surface area contributed by atoms with Gasteiger partial charge in [0, 0.05) is 12.3 Å². The van der Waals surface area contributed by atoms with E-state index in [1.807, 2.05) is 73.8 Å². The van der Waals surface area contributed by atoms with Gasteiger partial charge in [0.25, 0.3) is 5.56 Å². The fourth-order valence-electron chi connectivity index (χ4n) is 2.65. The van der Waals surface area contributed by atoms with E-state index in [0.717, 1.165) is 22.4 Å². The van der Waals surface area contributed by atoms with Crippen LogP contribution in [-0.2, 0) is 0 Å². The molecule has 1 heterocycles. The lowest BCUT2D eigenvalue weighted by molar-refractivity contribution is 0.415. The van der Waals surface area contributed by atoms with Crippen LogP contribution in [0.5, 0.6) is 5.75 Å². The van der Waals surface area contributed by atoms with Gasteiger partial charge in [-0.05, 0) is 41.8 Å². The summed E-state index contributed by atoms with van der Waals surface area (Å²) in [6.07, 6.45) is 1.92. The molecule has 0 N–H and O–H groups in total. The molecule has 3 aromatic rings. The smallest absolute Gasteiger partial charge is 0.251 e. The summed E-state index contributed by atoms with van der Waals surface area (Å²) in [6, 6.07) is 21.3. The molecule has 2 aromatic carbocycles. The summed E-state index contributed by atoms with van der Waals surface area (Å²) in [5, 5.41) is 0. The van der Waals surface area contributed by atoms with Crippen LogP contribution in [0.4, 0.5) is 0 Å². The largest absolute Gasteiger partial charge is 0.497 e. The Labute approximate surface area is 135 Å². The number of benzene rings is 2. The number of methoxy groups -OCH3 is 1. The highest BCUT2D eigenvalue weighted by Crippen LogP contribution is 2.23. The Morgan fingerprint density at radius 2 is 1.52 bits per heavy atom. The van der Waals surface area contributed by atoms with Gasteiger partial charge in [-0.1, -0.05) is 42.5 Å². The highest BCUT2D eigenvalue weighted by atomic mass is 16.5. The zero-order valence-electron chi connectivity index (χ0n) is 13.3. The number of ether oxygens (including phenoxy) is 1. The summed E-state index contributed by atoms with van der Waals surface area (Å²) in [7, 11) is 1.65. The summed E-state index contributed by atoms with van der Waals surface area (Å²) >= 11 is 0. The normalized spacial score (nSPS) is 11.9. The first-order chi connectivity index (χ1) is 11.2. The number of aromatic nitrogens is 1. The highest BCUT2D eigenvalue weighted by Gasteiger charge is 2.10. The Hall–Kier alpha value is -2.81. The zero-order valence-corrected chi connectivity index (χ0v) is 13.3. The summed E-state index contributed by atoms with van der Waals surface area (Å²) in [4.78, 5) is 12.3. The first-order valence-electron chi connectivity index (χ1n) is 7.60. The van der Waals surface area contributed by atoms with E-state index in [4.69, 9.17) is 4.74 Å². The van der Waals surface area contributed by atoms with Gasteiger partial charge in [0.15, 0.2) is 0 Å². The van der Waals surface area contributed by atoms with Crippen LogP contribution >= 0.6 is 0 Å². The predicted octanol–water partition coefficient (Wildman–Crippen LogP) is 4.13. The first kappa shape index (κ1) is 15.1. The molecule has 0 amide bonds. The third kappa shape index (κ3) is 3.19. The van der Waals surface area contributed by atoms with Crippen molar-refractivity contribution in [1.29, 1.82) is 0 Å². The molecule has 3 heteroatoms. The lowest BCUT2D eigenvalue weighted by Gasteiger charge is -2.17. The quantitative estimate of drug-likeness (QED) is 0.725. The topological polar surface area (TPSA) is 31.2 Å². The summed E-state index contributed by atoms with van der Waals surface area (Å²) < 4.78 is 6.96. The van der Waals surface area contributed by atoms with Crippen LogP contribution in [-0.4, -0.2) is 11.7 Å². The van der Waals surface area contributed by atoms with Gasteiger partial charge in [0.1, 0.15) is 5.75 Å². The van der Waals surface area contributed by atoms with Gasteiger partial charge in [0.2, 0.25) is 0 Å². The molecule has 0 bridgehead atoms. The fraction of sp³-hybridized carbons (Fsp3) is 0.150. The van der Waals surface area contributed by atoms with E-state index in [0.29, 0.717) is 0 Å². The van der Waals surface area contributed by atoms with Crippen molar-refractivity contribution < 1.29 is 4.74 Å². The van der Waals surface area contributed by atoms with E-state index >= 15 is 0 Å². The average Bonchev–Trinajstić information content (AvgIpc) is 2.62. The van der Waals surface area contributed by atoms with E-state index in [9.17, 15) is 4.79 Å². The van der Waals surface area contributed by atoms with E-state index in [-0.39, 0.29) is 11.6 Å². The lowest BCUT2D eigenvalue weighted by atomic mass is 10.1. The second-order valence-corrected chi connectivity index (χ2v) is 5.48. The molecule has 116 valence electrons. The van der Waals surface area contributed by atoms with Gasteiger partial charge in [-0.2, -0.15) is 0 Å². The second kappa shape index (κ2) is 6.53. The molecule has 0 spiro atoms. The van der Waals surface area contributed by atoms with E-state index < -0.39 is 0 Å². The van der Waals surface area contributed by atoms with Gasteiger partial charge in [-0.15, -0.1) is 0 Å². The number of nitrogens with zero attached hydrogens (tertiary/aromatic N) is 1. The van der Waals surface area contributed by atoms with Gasteiger partial charge in [-0.3, -0.25) is 4.79 Å². The summed E-state index contributed by atoms with van der Waals surface area (Å²) in [5.74, 6) is 0.819. The van der Waals surface area contributed by atoms with E-state index in [1.165, 1.54) is 0 Å². The van der Waals surface area contributed by atoms with E-state index in [2.05, 4.69) is 0 Å². The van der Waals surface area contributed by atoms with Gasteiger partial charge < -0.3 is 9.30 Å². The van der Waals surface area contributed by atoms with Gasteiger partial charge in [0.05, 0.1) is 13.2 Å².